The lowest BCUT2D eigenvalue weighted by Crippen LogP contribution is -2.34. The highest BCUT2D eigenvalue weighted by molar-refractivity contribution is 6.37. The molecule has 1 fully saturated rings. The molecule has 1 atom stereocenters. The lowest BCUT2D eigenvalue weighted by Gasteiger charge is -2.20. The number of nitrogens with one attached hydrogen (secondary N) is 1. The normalized spacial score (nSPS) is 15.8. The van der Waals surface area contributed by atoms with E-state index in [1.54, 1.807) is 30.3 Å². The Kier molecular flexibility index (Phi) is 6.50. The van der Waals surface area contributed by atoms with Crippen LogP contribution in [0.2, 0.25) is 10.0 Å². The van der Waals surface area contributed by atoms with Crippen LogP contribution in [0.3, 0.4) is 0 Å². The number of halogens is 2. The molecule has 3 heterocycles. The van der Waals surface area contributed by atoms with Crippen molar-refractivity contribution in [2.75, 3.05) is 32.5 Å². The maximum atomic E-state index is 12.8. The Labute approximate surface area is 200 Å². The topological polar surface area (TPSA) is 122 Å². The van der Waals surface area contributed by atoms with Crippen molar-refractivity contribution in [3.63, 3.8) is 0 Å². The van der Waals surface area contributed by atoms with Gasteiger partial charge in [-0.2, -0.15) is 0 Å². The summed E-state index contributed by atoms with van der Waals surface area (Å²) in [5.74, 6) is -0.420. The smallest absolute Gasteiger partial charge is 0.273 e. The van der Waals surface area contributed by atoms with Crippen molar-refractivity contribution < 1.29 is 9.59 Å². The molecule has 172 valence electrons. The van der Waals surface area contributed by atoms with Crippen LogP contribution in [-0.2, 0) is 0 Å². The molecule has 2 aromatic heterocycles. The fourth-order valence-electron chi connectivity index (χ4n) is 3.58. The average Bonchev–Trinajstić information content (AvgIpc) is 3.42. The van der Waals surface area contributed by atoms with E-state index in [0.29, 0.717) is 46.2 Å². The van der Waals surface area contributed by atoms with Gasteiger partial charge in [0.2, 0.25) is 0 Å². The number of nitrogens with two attached hydrogens (primary N) is 1. The summed E-state index contributed by atoms with van der Waals surface area (Å²) in [4.78, 5) is 34.1. The third-order valence-corrected chi connectivity index (χ3v) is 6.03. The van der Waals surface area contributed by atoms with Crippen LogP contribution in [0.15, 0.2) is 36.5 Å². The summed E-state index contributed by atoms with van der Waals surface area (Å²) in [5.41, 5.74) is 6.14. The summed E-state index contributed by atoms with van der Waals surface area (Å²) in [7, 11) is 4.02. The van der Waals surface area contributed by atoms with E-state index in [-0.39, 0.29) is 17.4 Å². The Bertz CT molecular complexity index is 1180. The summed E-state index contributed by atoms with van der Waals surface area (Å²) in [6.07, 6.45) is 2.42. The van der Waals surface area contributed by atoms with Gasteiger partial charge in [0.25, 0.3) is 11.8 Å². The van der Waals surface area contributed by atoms with E-state index in [2.05, 4.69) is 25.4 Å². The number of aromatic nitrogens is 4. The highest BCUT2D eigenvalue weighted by atomic mass is 35.5. The van der Waals surface area contributed by atoms with E-state index in [1.165, 1.54) is 6.20 Å². The lowest BCUT2D eigenvalue weighted by atomic mass is 10.2. The number of hydrogen-bond donors (Lipinski definition) is 2. The Morgan fingerprint density at radius 1 is 1.15 bits per heavy atom. The zero-order valence-corrected chi connectivity index (χ0v) is 19.5. The SMILES string of the molecule is CN(C)[C@@H]1CCN(C(=O)c2ccc(Nc3nn(-c4c(Cl)cccc4Cl)nc3C(N)=O)nc2)C1. The number of primary amides is 1. The molecule has 1 aromatic carbocycles. The molecule has 3 N–H and O–H groups in total. The molecule has 1 saturated heterocycles. The number of pyridine rings is 1. The minimum Gasteiger partial charge on any atom is -0.364 e. The Hall–Kier alpha value is -3.21. The van der Waals surface area contributed by atoms with Crippen LogP contribution in [0.25, 0.3) is 5.69 Å². The van der Waals surface area contributed by atoms with Gasteiger partial charge in [-0.1, -0.05) is 29.3 Å². The third kappa shape index (κ3) is 4.77. The van der Waals surface area contributed by atoms with Crippen molar-refractivity contribution in [1.29, 1.82) is 0 Å². The first kappa shape index (κ1) is 23.0. The Balaban J connectivity index is 1.54. The van der Waals surface area contributed by atoms with Crippen LogP contribution < -0.4 is 11.1 Å². The van der Waals surface area contributed by atoms with E-state index in [0.717, 1.165) is 11.2 Å². The molecule has 33 heavy (non-hydrogen) atoms. The van der Waals surface area contributed by atoms with Gasteiger partial charge in [-0.25, -0.2) is 4.98 Å². The molecule has 4 rings (SSSR count). The van der Waals surface area contributed by atoms with Gasteiger partial charge in [0.05, 0.1) is 15.6 Å². The van der Waals surface area contributed by atoms with Crippen LogP contribution in [0, 0.1) is 0 Å². The number of amides is 2. The van der Waals surface area contributed by atoms with E-state index in [1.807, 2.05) is 19.0 Å². The van der Waals surface area contributed by atoms with E-state index < -0.39 is 5.91 Å². The van der Waals surface area contributed by atoms with Crippen LogP contribution in [0.1, 0.15) is 27.3 Å². The van der Waals surface area contributed by atoms with Gasteiger partial charge in [0.1, 0.15) is 11.5 Å². The van der Waals surface area contributed by atoms with Gasteiger partial charge >= 0.3 is 0 Å². The zero-order valence-electron chi connectivity index (χ0n) is 18.0. The lowest BCUT2D eigenvalue weighted by molar-refractivity contribution is 0.0782. The predicted octanol–water partition coefficient (Wildman–Crippen LogP) is 2.59. The van der Waals surface area contributed by atoms with Crippen molar-refractivity contribution in [1.82, 2.24) is 29.8 Å². The molecule has 10 nitrogen and oxygen atoms in total. The molecule has 1 aliphatic rings. The van der Waals surface area contributed by atoms with Gasteiger partial charge < -0.3 is 20.9 Å². The first-order valence-corrected chi connectivity index (χ1v) is 10.9. The summed E-state index contributed by atoms with van der Waals surface area (Å²) in [5, 5.41) is 11.9. The number of rotatable bonds is 6. The number of benzene rings is 1. The fourth-order valence-corrected chi connectivity index (χ4v) is 4.13. The van der Waals surface area contributed by atoms with E-state index in [9.17, 15) is 9.59 Å². The second kappa shape index (κ2) is 9.34. The molecule has 0 aliphatic carbocycles. The standard InChI is InChI=1S/C21H22Cl2N8O2/c1-29(2)13-8-9-30(11-13)21(33)12-6-7-16(25-10-12)26-20-17(19(24)32)27-31(28-20)18-14(22)4-3-5-15(18)23/h3-7,10,13H,8-9,11H2,1-2H3,(H2,24,32)(H,25,26,28)/t13-/m1/s1. The first-order chi connectivity index (χ1) is 15.7. The zero-order chi connectivity index (χ0) is 23.7. The van der Waals surface area contributed by atoms with Crippen LogP contribution in [-0.4, -0.2) is 74.8 Å². The number of anilines is 2. The Morgan fingerprint density at radius 2 is 1.88 bits per heavy atom. The molecule has 0 unspecified atom stereocenters. The summed E-state index contributed by atoms with van der Waals surface area (Å²) >= 11 is 12.4. The third-order valence-electron chi connectivity index (χ3n) is 5.42. The van der Waals surface area contributed by atoms with Crippen molar-refractivity contribution in [3.05, 3.63) is 57.8 Å². The predicted molar refractivity (Wildman–Crippen MR) is 125 cm³/mol. The van der Waals surface area contributed by atoms with Crippen molar-refractivity contribution in [2.45, 2.75) is 12.5 Å². The molecule has 3 aromatic rings. The highest BCUT2D eigenvalue weighted by Gasteiger charge is 2.28. The van der Waals surface area contributed by atoms with Crippen LogP contribution in [0.5, 0.6) is 0 Å². The largest absolute Gasteiger partial charge is 0.364 e. The molecule has 1 aliphatic heterocycles. The maximum absolute atomic E-state index is 12.8. The summed E-state index contributed by atoms with van der Waals surface area (Å²) in [6, 6.07) is 8.58. The second-order valence-corrected chi connectivity index (χ2v) is 8.65. The number of likely N-dealkylation sites (tertiary alicyclic amines) is 1. The fraction of sp³-hybridized carbons (Fsp3) is 0.286. The maximum Gasteiger partial charge on any atom is 0.273 e. The first-order valence-electron chi connectivity index (χ1n) is 10.1. The molecule has 0 bridgehead atoms. The number of para-hydroxylation sites is 1. The van der Waals surface area contributed by atoms with Gasteiger partial charge in [-0.3, -0.25) is 9.59 Å². The molecule has 12 heteroatoms. The van der Waals surface area contributed by atoms with Gasteiger partial charge in [-0.15, -0.1) is 15.0 Å². The number of hydrogen-bond acceptors (Lipinski definition) is 7. The van der Waals surface area contributed by atoms with Crippen LogP contribution in [0.4, 0.5) is 11.6 Å². The monoisotopic (exact) mass is 488 g/mol. The van der Waals surface area contributed by atoms with E-state index in [4.69, 9.17) is 28.9 Å². The van der Waals surface area contributed by atoms with Gasteiger partial charge in [0, 0.05) is 25.3 Å². The van der Waals surface area contributed by atoms with Gasteiger partial charge in [-0.05, 0) is 44.8 Å². The molecule has 0 spiro atoms. The minimum absolute atomic E-state index is 0.0736. The molecular weight excluding hydrogens is 467 g/mol. The highest BCUT2D eigenvalue weighted by Crippen LogP contribution is 2.28. The second-order valence-electron chi connectivity index (χ2n) is 7.84. The number of carbonyl (C=O) groups is 2. The quantitative estimate of drug-likeness (QED) is 0.546. The molecular formula is C21H22Cl2N8O2. The Morgan fingerprint density at radius 3 is 2.45 bits per heavy atom. The summed E-state index contributed by atoms with van der Waals surface area (Å²) in [6.45, 7) is 1.39. The van der Waals surface area contributed by atoms with E-state index >= 15 is 0 Å². The van der Waals surface area contributed by atoms with Crippen molar-refractivity contribution in [2.24, 2.45) is 5.73 Å². The average molecular weight is 489 g/mol. The minimum atomic E-state index is -0.789. The number of carbonyl (C=O) groups excluding carboxylic acids is 2. The van der Waals surface area contributed by atoms with Crippen molar-refractivity contribution in [3.8, 4) is 5.69 Å². The molecule has 0 radical (unpaired) electrons. The number of nitrogens with zero attached hydrogens (tertiary/aromatic N) is 6. The summed E-state index contributed by atoms with van der Waals surface area (Å²) < 4.78 is 0. The molecule has 0 saturated carbocycles. The van der Waals surface area contributed by atoms with Gasteiger partial charge in [0.15, 0.2) is 11.5 Å². The number of likely N-dealkylation sites (N-methyl/N-ethyl adjacent to an activating group) is 1. The van der Waals surface area contributed by atoms with Crippen molar-refractivity contribution >= 4 is 46.7 Å². The molecule has 2 amide bonds. The van der Waals surface area contributed by atoms with Crippen LogP contribution >= 0.6 is 23.2 Å².